The van der Waals surface area contributed by atoms with Crippen LogP contribution in [0.25, 0.3) is 10.9 Å². The molecule has 0 bridgehead atoms. The van der Waals surface area contributed by atoms with Gasteiger partial charge in [-0.1, -0.05) is 41.9 Å². The predicted octanol–water partition coefficient (Wildman–Crippen LogP) is 3.63. The lowest BCUT2D eigenvalue weighted by atomic mass is 10.2. The normalized spacial score (nSPS) is 11.2. The van der Waals surface area contributed by atoms with E-state index in [1.54, 1.807) is 0 Å². The Hall–Kier alpha value is -2.30. The van der Waals surface area contributed by atoms with Gasteiger partial charge >= 0.3 is 0 Å². The van der Waals surface area contributed by atoms with Gasteiger partial charge in [0.2, 0.25) is 0 Å². The van der Waals surface area contributed by atoms with Crippen LogP contribution in [0.1, 0.15) is 16.1 Å². The fraction of sp³-hybridized carbons (Fsp3) is 0.250. The summed E-state index contributed by atoms with van der Waals surface area (Å²) < 4.78 is 2.06. The molecule has 0 radical (unpaired) electrons. The Balaban J connectivity index is 1.91. The van der Waals surface area contributed by atoms with Crippen LogP contribution in [-0.2, 0) is 6.54 Å². The molecule has 1 N–H and O–H groups in total. The Labute approximate surface area is 153 Å². The minimum Gasteiger partial charge on any atom is -0.349 e. The van der Waals surface area contributed by atoms with Crippen molar-refractivity contribution in [2.75, 3.05) is 27.2 Å². The number of fused-ring (bicyclic) bond motifs is 1. The Morgan fingerprint density at radius 2 is 1.84 bits per heavy atom. The van der Waals surface area contributed by atoms with Gasteiger partial charge in [0.25, 0.3) is 5.91 Å². The van der Waals surface area contributed by atoms with E-state index in [2.05, 4.69) is 9.88 Å². The van der Waals surface area contributed by atoms with E-state index < -0.39 is 0 Å². The smallest absolute Gasteiger partial charge is 0.267 e. The van der Waals surface area contributed by atoms with Crippen LogP contribution in [0.5, 0.6) is 0 Å². The lowest BCUT2D eigenvalue weighted by Gasteiger charge is -2.13. The second-order valence-electron chi connectivity index (χ2n) is 6.36. The molecule has 4 nitrogen and oxygen atoms in total. The summed E-state index contributed by atoms with van der Waals surface area (Å²) in [5.74, 6) is -0.0491. The number of para-hydroxylation sites is 1. The van der Waals surface area contributed by atoms with Gasteiger partial charge in [-0.05, 0) is 43.9 Å². The van der Waals surface area contributed by atoms with Crippen molar-refractivity contribution >= 4 is 28.4 Å². The van der Waals surface area contributed by atoms with Crippen molar-refractivity contribution in [2.24, 2.45) is 0 Å². The minimum atomic E-state index is -0.0491. The Morgan fingerprint density at radius 3 is 2.56 bits per heavy atom. The van der Waals surface area contributed by atoms with E-state index in [0.717, 1.165) is 23.0 Å². The van der Waals surface area contributed by atoms with Crippen molar-refractivity contribution in [3.05, 3.63) is 70.9 Å². The number of amides is 1. The third kappa shape index (κ3) is 4.21. The van der Waals surface area contributed by atoms with Gasteiger partial charge in [0.15, 0.2) is 0 Å². The molecule has 0 aliphatic rings. The first kappa shape index (κ1) is 17.5. The number of nitrogens with zero attached hydrogens (tertiary/aromatic N) is 2. The number of hydrogen-bond acceptors (Lipinski definition) is 2. The summed E-state index contributed by atoms with van der Waals surface area (Å²) in [6, 6.07) is 17.7. The summed E-state index contributed by atoms with van der Waals surface area (Å²) in [5, 5.41) is 4.78. The van der Waals surface area contributed by atoms with E-state index in [1.807, 2.05) is 73.6 Å². The lowest BCUT2D eigenvalue weighted by Crippen LogP contribution is -2.32. The van der Waals surface area contributed by atoms with Gasteiger partial charge in [-0.15, -0.1) is 0 Å². The highest BCUT2D eigenvalue weighted by molar-refractivity contribution is 6.30. The molecule has 130 valence electrons. The molecule has 0 aliphatic carbocycles. The number of rotatable bonds is 6. The summed E-state index contributed by atoms with van der Waals surface area (Å²) >= 11 is 5.98. The van der Waals surface area contributed by atoms with Crippen LogP contribution in [0, 0.1) is 0 Å². The average Bonchev–Trinajstić information content (AvgIpc) is 2.95. The molecule has 3 aromatic rings. The number of aromatic nitrogens is 1. The first-order valence-electron chi connectivity index (χ1n) is 8.30. The molecule has 1 aromatic heterocycles. The molecule has 0 fully saturated rings. The van der Waals surface area contributed by atoms with Gasteiger partial charge in [0, 0.05) is 35.6 Å². The zero-order valence-electron chi connectivity index (χ0n) is 14.5. The van der Waals surface area contributed by atoms with Crippen LogP contribution >= 0.6 is 11.6 Å². The van der Waals surface area contributed by atoms with Gasteiger partial charge in [-0.2, -0.15) is 0 Å². The molecule has 0 unspecified atom stereocenters. The minimum absolute atomic E-state index is 0.0491. The summed E-state index contributed by atoms with van der Waals surface area (Å²) in [7, 11) is 3.98. The fourth-order valence-electron chi connectivity index (χ4n) is 2.82. The second kappa shape index (κ2) is 7.72. The van der Waals surface area contributed by atoms with Crippen molar-refractivity contribution in [1.82, 2.24) is 14.8 Å². The third-order valence-electron chi connectivity index (χ3n) is 4.14. The van der Waals surface area contributed by atoms with E-state index in [9.17, 15) is 4.79 Å². The maximum absolute atomic E-state index is 12.7. The van der Waals surface area contributed by atoms with E-state index in [1.165, 1.54) is 0 Å². The SMILES string of the molecule is CN(C)CCNC(=O)c1cc2ccccc2n1Cc1ccc(Cl)cc1. The molecular weight excluding hydrogens is 334 g/mol. The zero-order chi connectivity index (χ0) is 17.8. The molecule has 0 saturated heterocycles. The molecule has 1 heterocycles. The van der Waals surface area contributed by atoms with E-state index in [4.69, 9.17) is 11.6 Å². The molecular formula is C20H22ClN3O. The zero-order valence-corrected chi connectivity index (χ0v) is 15.3. The van der Waals surface area contributed by atoms with E-state index in [0.29, 0.717) is 23.8 Å². The highest BCUT2D eigenvalue weighted by atomic mass is 35.5. The second-order valence-corrected chi connectivity index (χ2v) is 6.80. The highest BCUT2D eigenvalue weighted by Gasteiger charge is 2.15. The van der Waals surface area contributed by atoms with Gasteiger partial charge in [0.1, 0.15) is 5.69 Å². The topological polar surface area (TPSA) is 37.3 Å². The largest absolute Gasteiger partial charge is 0.349 e. The summed E-state index contributed by atoms with van der Waals surface area (Å²) in [4.78, 5) is 14.7. The Kier molecular flexibility index (Phi) is 5.41. The number of likely N-dealkylation sites (N-methyl/N-ethyl adjacent to an activating group) is 1. The van der Waals surface area contributed by atoms with Crippen LogP contribution in [0.3, 0.4) is 0 Å². The van der Waals surface area contributed by atoms with Gasteiger partial charge < -0.3 is 14.8 Å². The lowest BCUT2D eigenvalue weighted by molar-refractivity contribution is 0.0942. The summed E-state index contributed by atoms with van der Waals surface area (Å²) in [6.07, 6.45) is 0. The standard InChI is InChI=1S/C20H22ClN3O/c1-23(2)12-11-22-20(25)19-13-16-5-3-4-6-18(16)24(19)14-15-7-9-17(21)10-8-15/h3-10,13H,11-12,14H2,1-2H3,(H,22,25). The molecule has 3 rings (SSSR count). The number of halogens is 1. The maximum Gasteiger partial charge on any atom is 0.267 e. The Morgan fingerprint density at radius 1 is 1.12 bits per heavy atom. The number of carbonyl (C=O) groups is 1. The van der Waals surface area contributed by atoms with Crippen molar-refractivity contribution < 1.29 is 4.79 Å². The highest BCUT2D eigenvalue weighted by Crippen LogP contribution is 2.22. The van der Waals surface area contributed by atoms with E-state index >= 15 is 0 Å². The molecule has 0 saturated carbocycles. The Bertz CT molecular complexity index is 868. The number of benzene rings is 2. The van der Waals surface area contributed by atoms with Crippen molar-refractivity contribution in [3.8, 4) is 0 Å². The van der Waals surface area contributed by atoms with Gasteiger partial charge in [-0.25, -0.2) is 0 Å². The molecule has 0 atom stereocenters. The van der Waals surface area contributed by atoms with Crippen LogP contribution < -0.4 is 5.32 Å². The van der Waals surface area contributed by atoms with Crippen molar-refractivity contribution in [3.63, 3.8) is 0 Å². The fourth-order valence-corrected chi connectivity index (χ4v) is 2.95. The first-order valence-corrected chi connectivity index (χ1v) is 8.68. The first-order chi connectivity index (χ1) is 12.0. The monoisotopic (exact) mass is 355 g/mol. The maximum atomic E-state index is 12.7. The third-order valence-corrected chi connectivity index (χ3v) is 4.39. The number of nitrogens with one attached hydrogen (secondary N) is 1. The van der Waals surface area contributed by atoms with E-state index in [-0.39, 0.29) is 5.91 Å². The van der Waals surface area contributed by atoms with Crippen LogP contribution in [-0.4, -0.2) is 42.6 Å². The quantitative estimate of drug-likeness (QED) is 0.733. The van der Waals surface area contributed by atoms with Gasteiger partial charge in [0.05, 0.1) is 0 Å². The molecule has 1 amide bonds. The molecule has 2 aromatic carbocycles. The summed E-state index contributed by atoms with van der Waals surface area (Å²) in [5.41, 5.74) is 2.83. The molecule has 25 heavy (non-hydrogen) atoms. The van der Waals surface area contributed by atoms with Crippen LogP contribution in [0.2, 0.25) is 5.02 Å². The van der Waals surface area contributed by atoms with Crippen LogP contribution in [0.4, 0.5) is 0 Å². The number of hydrogen-bond donors (Lipinski definition) is 1. The van der Waals surface area contributed by atoms with Gasteiger partial charge in [-0.3, -0.25) is 4.79 Å². The van der Waals surface area contributed by atoms with Crippen molar-refractivity contribution in [2.45, 2.75) is 6.54 Å². The molecule has 0 spiro atoms. The van der Waals surface area contributed by atoms with Crippen LogP contribution in [0.15, 0.2) is 54.6 Å². The average molecular weight is 356 g/mol. The number of carbonyl (C=O) groups excluding carboxylic acids is 1. The molecule has 5 heteroatoms. The molecule has 0 aliphatic heterocycles. The predicted molar refractivity (Wildman–Crippen MR) is 103 cm³/mol. The van der Waals surface area contributed by atoms with Crippen molar-refractivity contribution in [1.29, 1.82) is 0 Å². The summed E-state index contributed by atoms with van der Waals surface area (Å²) in [6.45, 7) is 2.05.